The Labute approximate surface area is 274 Å². The van der Waals surface area contributed by atoms with Crippen LogP contribution in [0, 0.1) is 13.8 Å². The highest BCUT2D eigenvalue weighted by molar-refractivity contribution is 7.86. The van der Waals surface area contributed by atoms with Crippen molar-refractivity contribution < 1.29 is 36.2 Å². The molecule has 0 heterocycles. The van der Waals surface area contributed by atoms with Gasteiger partial charge in [-0.15, -0.1) is 15.3 Å². The standard InChI is InChI=1S/C34H26N4O8S2/c1-19-7-5-8-21(15-19)22-13-14-26(20(2)16-22)35-36-27-17-28(34(40)25-11-6-12-30(32(25)27)47(41,42)43)37-38-29-18-31(48(44,45)46)23-9-3-4-10-24(23)33(29)39/h3-18,39-40H,1-2H3,(H,41,42,43)(H,44,45,46). The van der Waals surface area contributed by atoms with Gasteiger partial charge in [-0.1, -0.05) is 72.3 Å². The minimum absolute atomic E-state index is 0.0488. The highest BCUT2D eigenvalue weighted by Gasteiger charge is 2.22. The number of hydrogen-bond donors (Lipinski definition) is 4. The molecule has 0 spiro atoms. The lowest BCUT2D eigenvalue weighted by molar-refractivity contribution is 0.477. The Morgan fingerprint density at radius 3 is 1.73 bits per heavy atom. The van der Waals surface area contributed by atoms with Gasteiger partial charge in [0, 0.05) is 21.5 Å². The van der Waals surface area contributed by atoms with E-state index in [0.29, 0.717) is 5.69 Å². The number of azo groups is 2. The number of rotatable bonds is 7. The molecular weight excluding hydrogens is 657 g/mol. The van der Waals surface area contributed by atoms with Crippen LogP contribution in [0.25, 0.3) is 32.7 Å². The maximum atomic E-state index is 12.4. The SMILES string of the molecule is Cc1cccc(-c2ccc(N=Nc3cc(N=Nc4cc(S(=O)(=O)O)c5ccccc5c4O)c(O)c4cccc(S(=O)(=O)O)c34)c(C)c2)c1. The normalized spacial score (nSPS) is 12.5. The van der Waals surface area contributed by atoms with Gasteiger partial charge in [0.15, 0.2) is 11.5 Å². The molecule has 48 heavy (non-hydrogen) atoms. The predicted molar refractivity (Wildman–Crippen MR) is 181 cm³/mol. The topological polar surface area (TPSA) is 199 Å². The fourth-order valence-electron chi connectivity index (χ4n) is 5.36. The molecule has 14 heteroatoms. The Morgan fingerprint density at radius 1 is 0.500 bits per heavy atom. The summed E-state index contributed by atoms with van der Waals surface area (Å²) in [6.45, 7) is 3.83. The predicted octanol–water partition coefficient (Wildman–Crippen LogP) is 9.01. The van der Waals surface area contributed by atoms with Gasteiger partial charge in [0.05, 0.1) is 11.4 Å². The van der Waals surface area contributed by atoms with Crippen LogP contribution in [0.4, 0.5) is 22.7 Å². The molecule has 0 aliphatic heterocycles. The highest BCUT2D eigenvalue weighted by atomic mass is 32.2. The molecule has 0 aromatic heterocycles. The van der Waals surface area contributed by atoms with Crippen LogP contribution in [0.15, 0.2) is 127 Å². The first-order chi connectivity index (χ1) is 22.7. The van der Waals surface area contributed by atoms with Gasteiger partial charge in [0.2, 0.25) is 0 Å². The van der Waals surface area contributed by atoms with Crippen LogP contribution in [0.2, 0.25) is 0 Å². The molecule has 6 rings (SSSR count). The molecule has 0 aliphatic carbocycles. The fraction of sp³-hybridized carbons (Fsp3) is 0.0588. The molecule has 0 atom stereocenters. The van der Waals surface area contributed by atoms with Gasteiger partial charge >= 0.3 is 0 Å². The summed E-state index contributed by atoms with van der Waals surface area (Å²) in [5, 5.41) is 38.5. The first kappa shape index (κ1) is 32.4. The summed E-state index contributed by atoms with van der Waals surface area (Å²) in [7, 11) is -9.54. The van der Waals surface area contributed by atoms with E-state index in [0.717, 1.165) is 34.4 Å². The summed E-state index contributed by atoms with van der Waals surface area (Å²) in [5.74, 6) is -0.993. The van der Waals surface area contributed by atoms with E-state index in [9.17, 15) is 36.2 Å². The van der Waals surface area contributed by atoms with Gasteiger partial charge in [-0.2, -0.15) is 21.9 Å². The fourth-order valence-corrected chi connectivity index (χ4v) is 6.80. The van der Waals surface area contributed by atoms with Gasteiger partial charge in [-0.05, 0) is 60.9 Å². The van der Waals surface area contributed by atoms with Crippen LogP contribution >= 0.6 is 0 Å². The number of benzene rings is 6. The van der Waals surface area contributed by atoms with Gasteiger partial charge in [0.1, 0.15) is 21.2 Å². The number of aryl methyl sites for hydroxylation is 2. The Balaban J connectivity index is 1.50. The van der Waals surface area contributed by atoms with Gasteiger partial charge in [-0.25, -0.2) is 0 Å². The average Bonchev–Trinajstić information content (AvgIpc) is 3.04. The van der Waals surface area contributed by atoms with Crippen LogP contribution in [0.1, 0.15) is 11.1 Å². The van der Waals surface area contributed by atoms with Gasteiger partial charge < -0.3 is 10.2 Å². The number of aromatic hydroxyl groups is 2. The van der Waals surface area contributed by atoms with E-state index in [2.05, 4.69) is 20.5 Å². The van der Waals surface area contributed by atoms with Crippen molar-refractivity contribution >= 4 is 64.5 Å². The van der Waals surface area contributed by atoms with E-state index >= 15 is 0 Å². The minimum atomic E-state index is -4.79. The van der Waals surface area contributed by atoms with E-state index in [1.807, 2.05) is 50.2 Å². The molecule has 0 fully saturated rings. The second-order valence-electron chi connectivity index (χ2n) is 11.0. The minimum Gasteiger partial charge on any atom is -0.505 e. The van der Waals surface area contributed by atoms with Crippen molar-refractivity contribution in [2.75, 3.05) is 0 Å². The first-order valence-electron chi connectivity index (χ1n) is 14.2. The summed E-state index contributed by atoms with van der Waals surface area (Å²) in [4.78, 5) is -1.06. The molecule has 0 unspecified atom stereocenters. The maximum absolute atomic E-state index is 12.4. The van der Waals surface area contributed by atoms with Crippen LogP contribution in [-0.4, -0.2) is 36.2 Å². The molecule has 242 valence electrons. The van der Waals surface area contributed by atoms with Gasteiger partial charge in [-0.3, -0.25) is 9.11 Å². The number of phenolic OH excluding ortho intramolecular Hbond substituents is 2. The monoisotopic (exact) mass is 682 g/mol. The van der Waals surface area contributed by atoms with Crippen molar-refractivity contribution in [2.24, 2.45) is 20.5 Å². The van der Waals surface area contributed by atoms with E-state index in [-0.39, 0.29) is 38.6 Å². The third-order valence-electron chi connectivity index (χ3n) is 7.65. The lowest BCUT2D eigenvalue weighted by atomic mass is 10.0. The molecule has 12 nitrogen and oxygen atoms in total. The number of fused-ring (bicyclic) bond motifs is 2. The summed E-state index contributed by atoms with van der Waals surface area (Å²) in [6, 6.07) is 25.4. The molecule has 0 saturated heterocycles. The maximum Gasteiger partial charge on any atom is 0.295 e. The first-order valence-corrected chi connectivity index (χ1v) is 17.1. The lowest BCUT2D eigenvalue weighted by Crippen LogP contribution is -1.99. The zero-order chi connectivity index (χ0) is 34.4. The van der Waals surface area contributed by atoms with Crippen LogP contribution < -0.4 is 0 Å². The van der Waals surface area contributed by atoms with Crippen molar-refractivity contribution in [3.8, 4) is 22.6 Å². The molecule has 4 N–H and O–H groups in total. The number of phenols is 2. The Hall–Kier alpha value is -5.54. The molecular formula is C34H26N4O8S2. The molecule has 6 aromatic rings. The number of hydrogen-bond acceptors (Lipinski definition) is 10. The summed E-state index contributed by atoms with van der Waals surface area (Å²) in [5.41, 5.74) is 3.59. The van der Waals surface area contributed by atoms with Crippen molar-refractivity contribution in [3.05, 3.63) is 108 Å². The largest absolute Gasteiger partial charge is 0.505 e. The molecule has 6 aromatic carbocycles. The number of nitrogens with zero attached hydrogens (tertiary/aromatic N) is 4. The molecule has 0 amide bonds. The summed E-state index contributed by atoms with van der Waals surface area (Å²) >= 11 is 0. The average molecular weight is 683 g/mol. The summed E-state index contributed by atoms with van der Waals surface area (Å²) < 4.78 is 68.8. The second-order valence-corrected chi connectivity index (χ2v) is 13.7. The quantitative estimate of drug-likeness (QED) is 0.0944. The van der Waals surface area contributed by atoms with E-state index in [1.54, 1.807) is 12.1 Å². The van der Waals surface area contributed by atoms with Crippen LogP contribution in [0.5, 0.6) is 11.5 Å². The molecule has 0 radical (unpaired) electrons. The van der Waals surface area contributed by atoms with Crippen LogP contribution in [-0.2, 0) is 20.2 Å². The van der Waals surface area contributed by atoms with Crippen LogP contribution in [0.3, 0.4) is 0 Å². The molecule has 0 saturated carbocycles. The Bertz CT molecular complexity index is 2570. The zero-order valence-electron chi connectivity index (χ0n) is 25.3. The van der Waals surface area contributed by atoms with E-state index in [4.69, 9.17) is 0 Å². The van der Waals surface area contributed by atoms with Crippen molar-refractivity contribution in [1.29, 1.82) is 0 Å². The van der Waals surface area contributed by atoms with Gasteiger partial charge in [0.25, 0.3) is 20.2 Å². The third kappa shape index (κ3) is 6.24. The Morgan fingerprint density at radius 2 is 1.06 bits per heavy atom. The second kappa shape index (κ2) is 12.2. The van der Waals surface area contributed by atoms with E-state index < -0.39 is 41.5 Å². The summed E-state index contributed by atoms with van der Waals surface area (Å²) in [6.07, 6.45) is 0. The van der Waals surface area contributed by atoms with E-state index in [1.165, 1.54) is 36.4 Å². The smallest absolute Gasteiger partial charge is 0.295 e. The Kier molecular flexibility index (Phi) is 8.26. The van der Waals surface area contributed by atoms with Crippen molar-refractivity contribution in [2.45, 2.75) is 23.6 Å². The van der Waals surface area contributed by atoms with Crippen molar-refractivity contribution in [1.82, 2.24) is 0 Å². The molecule has 0 aliphatic rings. The zero-order valence-corrected chi connectivity index (χ0v) is 26.9. The molecule has 0 bridgehead atoms. The lowest BCUT2D eigenvalue weighted by Gasteiger charge is -2.11. The van der Waals surface area contributed by atoms with Crippen molar-refractivity contribution in [3.63, 3.8) is 0 Å². The highest BCUT2D eigenvalue weighted by Crippen LogP contribution is 2.46. The third-order valence-corrected chi connectivity index (χ3v) is 9.44.